The van der Waals surface area contributed by atoms with Gasteiger partial charge in [-0.2, -0.15) is 0 Å². The molecule has 6 aromatic rings. The van der Waals surface area contributed by atoms with Crippen molar-refractivity contribution in [1.29, 1.82) is 0 Å². The van der Waals surface area contributed by atoms with Gasteiger partial charge >= 0.3 is 0 Å². The van der Waals surface area contributed by atoms with Crippen LogP contribution < -0.4 is 20.9 Å². The molecule has 4 saturated heterocycles. The lowest BCUT2D eigenvalue weighted by Gasteiger charge is -2.54. The van der Waals surface area contributed by atoms with Crippen molar-refractivity contribution in [2.45, 2.75) is 39.5 Å². The van der Waals surface area contributed by atoms with Gasteiger partial charge in [-0.15, -0.1) is 24.8 Å². The van der Waals surface area contributed by atoms with Gasteiger partial charge in [-0.3, -0.25) is 9.59 Å². The SMILES string of the molecule is CN1CCCC2(CNC2)C1.Cc1cn2cc(NC(=O)c3cnc(Cl)cn3)cc(F)c2n1.Cc1cn2cc(NC(=O)c3cnc(N4CC5(CCCN(C)C5)C4)cn3)cc(F)c2n1.Cl.Cl. The maximum atomic E-state index is 14.2. The quantitative estimate of drug-likeness (QED) is 0.186. The Hall–Kier alpha value is -5.11. The molecule has 0 aromatic carbocycles. The molecule has 3 N–H and O–H groups in total. The summed E-state index contributed by atoms with van der Waals surface area (Å²) in [4.78, 5) is 56.0. The van der Waals surface area contributed by atoms with Crippen LogP contribution in [-0.4, -0.2) is 127 Å². The molecule has 336 valence electrons. The number of nitrogens with one attached hydrogen (secondary N) is 3. The van der Waals surface area contributed by atoms with E-state index in [1.807, 2.05) is 0 Å². The molecule has 6 aromatic heterocycles. The molecule has 2 spiro atoms. The summed E-state index contributed by atoms with van der Waals surface area (Å²) in [5.74, 6) is -1.18. The Balaban J connectivity index is 0.000000173. The van der Waals surface area contributed by atoms with Gasteiger partial charge in [0.1, 0.15) is 22.4 Å². The van der Waals surface area contributed by atoms with Crippen molar-refractivity contribution >= 4 is 76.7 Å². The number of piperidine rings is 2. The van der Waals surface area contributed by atoms with E-state index in [0.717, 1.165) is 25.5 Å². The van der Waals surface area contributed by atoms with Crippen LogP contribution in [0.1, 0.15) is 58.0 Å². The third-order valence-electron chi connectivity index (χ3n) is 11.6. The van der Waals surface area contributed by atoms with Gasteiger partial charge in [-0.1, -0.05) is 11.6 Å². The highest BCUT2D eigenvalue weighted by Gasteiger charge is 2.45. The summed E-state index contributed by atoms with van der Waals surface area (Å²) < 4.78 is 31.2. The van der Waals surface area contributed by atoms with Gasteiger partial charge in [-0.05, 0) is 66.7 Å². The molecule has 4 aliphatic rings. The van der Waals surface area contributed by atoms with E-state index in [9.17, 15) is 18.4 Å². The van der Waals surface area contributed by atoms with Crippen molar-refractivity contribution in [2.75, 3.05) is 82.0 Å². The number of halogens is 5. The number of carbonyl (C=O) groups excluding carboxylic acids is 2. The molecule has 10 rings (SSSR count). The topological polar surface area (TPSA) is 166 Å². The predicted octanol–water partition coefficient (Wildman–Crippen LogP) is 5.98. The molecule has 4 fully saturated rings. The van der Waals surface area contributed by atoms with Crippen LogP contribution in [0.4, 0.5) is 26.0 Å². The van der Waals surface area contributed by atoms with Crippen LogP contribution in [0.15, 0.2) is 61.7 Å². The normalized spacial score (nSPS) is 17.5. The Bertz CT molecular complexity index is 2550. The summed E-state index contributed by atoms with van der Waals surface area (Å²) in [6, 6.07) is 2.45. The number of pyridine rings is 2. The number of anilines is 3. The van der Waals surface area contributed by atoms with E-state index in [2.05, 4.69) is 74.6 Å². The fourth-order valence-electron chi connectivity index (χ4n) is 8.78. The van der Waals surface area contributed by atoms with Crippen LogP contribution in [0.2, 0.25) is 5.15 Å². The van der Waals surface area contributed by atoms with Gasteiger partial charge in [0.05, 0.1) is 47.6 Å². The number of rotatable bonds is 5. The molecule has 10 heterocycles. The summed E-state index contributed by atoms with van der Waals surface area (Å²) in [5, 5.41) is 8.78. The van der Waals surface area contributed by atoms with Gasteiger partial charge in [0.15, 0.2) is 22.9 Å². The maximum absolute atomic E-state index is 14.2. The summed E-state index contributed by atoms with van der Waals surface area (Å²) in [6.45, 7) is 12.9. The van der Waals surface area contributed by atoms with Crippen molar-refractivity contribution in [3.8, 4) is 0 Å². The van der Waals surface area contributed by atoms with Crippen LogP contribution in [0, 0.1) is 36.3 Å². The number of aromatic nitrogens is 8. The molecule has 63 heavy (non-hydrogen) atoms. The number of imidazole rings is 2. The van der Waals surface area contributed by atoms with Gasteiger partial charge in [-0.25, -0.2) is 38.7 Å². The molecule has 0 saturated carbocycles. The predicted molar refractivity (Wildman–Crippen MR) is 243 cm³/mol. The minimum atomic E-state index is -0.525. The molecular weight excluding hydrogens is 877 g/mol. The lowest BCUT2D eigenvalue weighted by Crippen LogP contribution is -2.62. The standard InChI is InChI=1S/C21H24FN7O.C13H9ClFN5O.C8H16N2.2ClH/c1-14-9-28-10-15(6-16(22)19(28)25-14)26-20(30)17-7-24-18(8-23-17)29-12-21(13-29)4-3-5-27(2)11-21;1-7-5-20-6-8(2-9(15)12(20)18-7)19-13(21)10-3-17-11(14)4-16-10;1-10-4-2-3-8(7-10)5-9-6-8;;/h6-10H,3-5,11-13H2,1-2H3,(H,26,30);2-6H,1H3,(H,19,21);9H,2-7H2,1H3;2*1H. The first-order valence-electron chi connectivity index (χ1n) is 20.3. The molecule has 2 amide bonds. The van der Waals surface area contributed by atoms with Crippen molar-refractivity contribution in [3.05, 3.63) is 101 Å². The lowest BCUT2D eigenvalue weighted by atomic mass is 9.73. The number of amides is 2. The highest BCUT2D eigenvalue weighted by atomic mass is 35.5. The zero-order valence-electron chi connectivity index (χ0n) is 35.4. The molecule has 0 atom stereocenters. The fourth-order valence-corrected chi connectivity index (χ4v) is 8.87. The van der Waals surface area contributed by atoms with Gasteiger partial charge in [0.2, 0.25) is 0 Å². The smallest absolute Gasteiger partial charge is 0.275 e. The molecule has 4 aliphatic heterocycles. The third-order valence-corrected chi connectivity index (χ3v) is 11.8. The van der Waals surface area contributed by atoms with Gasteiger partial charge in [0, 0.05) is 87.0 Å². The number of hydrogen-bond donors (Lipinski definition) is 3. The number of likely N-dealkylation sites (tertiary alicyclic amines) is 2. The summed E-state index contributed by atoms with van der Waals surface area (Å²) >= 11 is 5.60. The second-order valence-electron chi connectivity index (χ2n) is 16.9. The Kier molecular flexibility index (Phi) is 14.8. The first-order chi connectivity index (χ1) is 29.2. The zero-order chi connectivity index (χ0) is 42.9. The second kappa shape index (κ2) is 19.7. The highest BCUT2D eigenvalue weighted by Crippen LogP contribution is 2.40. The number of carbonyl (C=O) groups is 2. The maximum Gasteiger partial charge on any atom is 0.275 e. The lowest BCUT2D eigenvalue weighted by molar-refractivity contribution is 0.0558. The van der Waals surface area contributed by atoms with E-state index in [0.29, 0.717) is 33.6 Å². The summed E-state index contributed by atoms with van der Waals surface area (Å²) in [6.07, 6.45) is 17.5. The van der Waals surface area contributed by atoms with E-state index in [-0.39, 0.29) is 52.6 Å². The monoisotopic (exact) mass is 926 g/mol. The van der Waals surface area contributed by atoms with Crippen molar-refractivity contribution in [2.24, 2.45) is 10.8 Å². The van der Waals surface area contributed by atoms with E-state index in [1.54, 1.807) is 49.2 Å². The molecule has 0 radical (unpaired) electrons. The molecule has 16 nitrogen and oxygen atoms in total. The van der Waals surface area contributed by atoms with E-state index in [4.69, 9.17) is 11.6 Å². The van der Waals surface area contributed by atoms with Crippen molar-refractivity contribution < 1.29 is 18.4 Å². The Morgan fingerprint density at radius 1 is 0.683 bits per heavy atom. The first-order valence-corrected chi connectivity index (χ1v) is 20.7. The molecule has 0 unspecified atom stereocenters. The average Bonchev–Trinajstić information content (AvgIpc) is 3.78. The molecular formula is C42H51Cl3F2N14O2. The minimum Gasteiger partial charge on any atom is -0.354 e. The number of aryl methyl sites for hydroxylation is 2. The number of nitrogens with zero attached hydrogens (tertiary/aromatic N) is 11. The van der Waals surface area contributed by atoms with Gasteiger partial charge < -0.3 is 39.5 Å². The van der Waals surface area contributed by atoms with Crippen LogP contribution >= 0.6 is 36.4 Å². The highest BCUT2D eigenvalue weighted by molar-refractivity contribution is 6.29. The van der Waals surface area contributed by atoms with Gasteiger partial charge in [0.25, 0.3) is 11.8 Å². The fraction of sp³-hybridized carbons (Fsp3) is 0.429. The Morgan fingerprint density at radius 2 is 1.17 bits per heavy atom. The third kappa shape index (κ3) is 11.0. The summed E-state index contributed by atoms with van der Waals surface area (Å²) in [7, 11) is 4.41. The first kappa shape index (κ1) is 47.4. The van der Waals surface area contributed by atoms with Crippen molar-refractivity contribution in [1.82, 2.24) is 53.8 Å². The molecule has 0 aliphatic carbocycles. The Morgan fingerprint density at radius 3 is 1.60 bits per heavy atom. The number of hydrogen-bond acceptors (Lipinski definition) is 12. The molecule has 21 heteroatoms. The summed E-state index contributed by atoms with van der Waals surface area (Å²) in [5.41, 5.74) is 3.76. The zero-order valence-corrected chi connectivity index (χ0v) is 37.8. The van der Waals surface area contributed by atoms with E-state index >= 15 is 0 Å². The van der Waals surface area contributed by atoms with Crippen LogP contribution in [0.3, 0.4) is 0 Å². The number of fused-ring (bicyclic) bond motifs is 2. The van der Waals surface area contributed by atoms with Crippen molar-refractivity contribution in [3.63, 3.8) is 0 Å². The van der Waals surface area contributed by atoms with Crippen LogP contribution in [0.25, 0.3) is 11.3 Å². The van der Waals surface area contributed by atoms with Crippen LogP contribution in [0.5, 0.6) is 0 Å². The van der Waals surface area contributed by atoms with E-state index in [1.165, 1.54) is 93.5 Å². The molecule has 0 bridgehead atoms. The van der Waals surface area contributed by atoms with E-state index < -0.39 is 23.4 Å². The largest absolute Gasteiger partial charge is 0.354 e. The Labute approximate surface area is 381 Å². The van der Waals surface area contributed by atoms with Crippen LogP contribution in [-0.2, 0) is 0 Å². The average molecular weight is 928 g/mol. The second-order valence-corrected chi connectivity index (χ2v) is 17.3. The minimum absolute atomic E-state index is 0.